The summed E-state index contributed by atoms with van der Waals surface area (Å²) in [7, 11) is 0. The van der Waals surface area contributed by atoms with Crippen molar-refractivity contribution < 1.29 is 9.18 Å². The van der Waals surface area contributed by atoms with Crippen LogP contribution >= 0.6 is 0 Å². The molecule has 2 aromatic rings. The van der Waals surface area contributed by atoms with Gasteiger partial charge in [-0.25, -0.2) is 4.39 Å². The van der Waals surface area contributed by atoms with E-state index in [1.807, 2.05) is 13.8 Å². The highest BCUT2D eigenvalue weighted by Crippen LogP contribution is 2.11. The molecule has 1 heterocycles. The quantitative estimate of drug-likeness (QED) is 0.889. The minimum Gasteiger partial charge on any atom is -0.351 e. The fraction of sp³-hybridized carbons (Fsp3) is 0.333. The summed E-state index contributed by atoms with van der Waals surface area (Å²) in [5.74, 6) is -0.266. The van der Waals surface area contributed by atoms with Crippen molar-refractivity contribution in [3.63, 3.8) is 0 Å². The topological polar surface area (TPSA) is 51.1 Å². The first-order valence-electron chi connectivity index (χ1n) is 7.65. The summed E-state index contributed by atoms with van der Waals surface area (Å²) in [6.45, 7) is 4.03. The first-order valence-corrected chi connectivity index (χ1v) is 7.65. The number of nitrogens with zero attached hydrogens (tertiary/aromatic N) is 1. The smallest absolute Gasteiger partial charge is 0.250 e. The van der Waals surface area contributed by atoms with E-state index in [1.165, 1.54) is 22.8 Å². The van der Waals surface area contributed by atoms with Gasteiger partial charge in [0.05, 0.1) is 0 Å². The number of hydrogen-bond donors (Lipinski definition) is 1. The van der Waals surface area contributed by atoms with Crippen LogP contribution in [0.2, 0.25) is 0 Å². The van der Waals surface area contributed by atoms with E-state index in [1.54, 1.807) is 30.5 Å². The highest BCUT2D eigenvalue weighted by atomic mass is 19.1. The summed E-state index contributed by atoms with van der Waals surface area (Å²) in [4.78, 5) is 23.8. The van der Waals surface area contributed by atoms with E-state index in [9.17, 15) is 14.0 Å². The van der Waals surface area contributed by atoms with Crippen molar-refractivity contribution in [2.24, 2.45) is 5.92 Å². The van der Waals surface area contributed by atoms with E-state index < -0.39 is 0 Å². The van der Waals surface area contributed by atoms with Gasteiger partial charge in [-0.05, 0) is 36.1 Å². The minimum atomic E-state index is -0.276. The Morgan fingerprint density at radius 1 is 1.17 bits per heavy atom. The summed E-state index contributed by atoms with van der Waals surface area (Å²) in [6.07, 6.45) is 2.21. The number of nitrogens with one attached hydrogen (secondary N) is 1. The number of halogens is 1. The zero-order valence-electron chi connectivity index (χ0n) is 13.3. The number of carbonyl (C=O) groups is 1. The van der Waals surface area contributed by atoms with Crippen LogP contribution in [-0.2, 0) is 17.8 Å². The molecule has 0 bridgehead atoms. The lowest BCUT2D eigenvalue weighted by molar-refractivity contribution is -0.122. The molecule has 1 aromatic heterocycles. The molecule has 1 N–H and O–H groups in total. The summed E-state index contributed by atoms with van der Waals surface area (Å²) < 4.78 is 14.3. The molecular formula is C18H21FN2O2. The molecule has 1 aromatic carbocycles. The van der Waals surface area contributed by atoms with Gasteiger partial charge in [0.1, 0.15) is 12.4 Å². The van der Waals surface area contributed by atoms with Crippen molar-refractivity contribution in [1.82, 2.24) is 9.88 Å². The summed E-state index contributed by atoms with van der Waals surface area (Å²) >= 11 is 0. The third-order valence-electron chi connectivity index (χ3n) is 3.73. The Morgan fingerprint density at radius 3 is 2.48 bits per heavy atom. The van der Waals surface area contributed by atoms with Gasteiger partial charge in [-0.2, -0.15) is 0 Å². The molecule has 122 valence electrons. The number of rotatable bonds is 6. The van der Waals surface area contributed by atoms with Crippen molar-refractivity contribution in [3.05, 3.63) is 70.4 Å². The van der Waals surface area contributed by atoms with Gasteiger partial charge in [-0.3, -0.25) is 9.59 Å². The number of carbonyl (C=O) groups excluding carboxylic acids is 1. The largest absolute Gasteiger partial charge is 0.351 e. The van der Waals surface area contributed by atoms with Gasteiger partial charge in [0.25, 0.3) is 5.56 Å². The maximum atomic E-state index is 13.0. The highest BCUT2D eigenvalue weighted by molar-refractivity contribution is 5.76. The first-order chi connectivity index (χ1) is 11.0. The second-order valence-corrected chi connectivity index (χ2v) is 5.92. The first kappa shape index (κ1) is 16.9. The van der Waals surface area contributed by atoms with Crippen LogP contribution in [0.5, 0.6) is 0 Å². The molecule has 2 rings (SSSR count). The maximum absolute atomic E-state index is 13.0. The molecule has 0 aliphatic heterocycles. The zero-order valence-corrected chi connectivity index (χ0v) is 13.3. The molecule has 0 aliphatic rings. The number of pyridine rings is 1. The van der Waals surface area contributed by atoms with Crippen LogP contribution in [0.4, 0.5) is 4.39 Å². The standard InChI is InChI=1S/C18H21FN2O2/c1-13(2)16(11-14-6-8-15(19)9-7-14)20-17(22)12-21-10-4-3-5-18(21)23/h3-10,13,16H,11-12H2,1-2H3,(H,20,22)/t16-/m1/s1. The Labute approximate surface area is 135 Å². The lowest BCUT2D eigenvalue weighted by Gasteiger charge is -2.23. The second-order valence-electron chi connectivity index (χ2n) is 5.92. The number of benzene rings is 1. The molecule has 0 saturated heterocycles. The van der Waals surface area contributed by atoms with Crippen molar-refractivity contribution in [1.29, 1.82) is 0 Å². The van der Waals surface area contributed by atoms with Gasteiger partial charge in [0.15, 0.2) is 0 Å². The lowest BCUT2D eigenvalue weighted by Crippen LogP contribution is -2.42. The fourth-order valence-corrected chi connectivity index (χ4v) is 2.33. The maximum Gasteiger partial charge on any atom is 0.250 e. The van der Waals surface area contributed by atoms with Gasteiger partial charge < -0.3 is 9.88 Å². The van der Waals surface area contributed by atoms with Crippen molar-refractivity contribution in [2.75, 3.05) is 0 Å². The van der Waals surface area contributed by atoms with Crippen molar-refractivity contribution in [3.8, 4) is 0 Å². The molecule has 0 fully saturated rings. The molecular weight excluding hydrogens is 295 g/mol. The third kappa shape index (κ3) is 5.06. The lowest BCUT2D eigenvalue weighted by atomic mass is 9.96. The molecule has 0 spiro atoms. The van der Waals surface area contributed by atoms with Gasteiger partial charge in [-0.1, -0.05) is 32.0 Å². The van der Waals surface area contributed by atoms with E-state index >= 15 is 0 Å². The summed E-state index contributed by atoms with van der Waals surface area (Å²) in [5, 5.41) is 2.96. The van der Waals surface area contributed by atoms with E-state index in [0.29, 0.717) is 6.42 Å². The Bertz CT molecular complexity index is 707. The van der Waals surface area contributed by atoms with Crippen LogP contribution in [0.1, 0.15) is 19.4 Å². The number of hydrogen-bond acceptors (Lipinski definition) is 2. The normalized spacial score (nSPS) is 12.2. The number of amides is 1. The summed E-state index contributed by atoms with van der Waals surface area (Å²) in [6, 6.07) is 11.0. The average molecular weight is 316 g/mol. The van der Waals surface area contributed by atoms with E-state index in [-0.39, 0.29) is 35.8 Å². The fourth-order valence-electron chi connectivity index (χ4n) is 2.33. The van der Waals surface area contributed by atoms with Gasteiger partial charge in [0.2, 0.25) is 5.91 Å². The molecule has 4 nitrogen and oxygen atoms in total. The van der Waals surface area contributed by atoms with Gasteiger partial charge >= 0.3 is 0 Å². The average Bonchev–Trinajstić information content (AvgIpc) is 2.51. The highest BCUT2D eigenvalue weighted by Gasteiger charge is 2.17. The molecule has 5 heteroatoms. The van der Waals surface area contributed by atoms with Crippen LogP contribution < -0.4 is 10.9 Å². The molecule has 1 atom stereocenters. The summed E-state index contributed by atoms with van der Waals surface area (Å²) in [5.41, 5.74) is 0.754. The predicted molar refractivity (Wildman–Crippen MR) is 87.6 cm³/mol. The van der Waals surface area contributed by atoms with Gasteiger partial charge in [0, 0.05) is 18.3 Å². The molecule has 0 radical (unpaired) electrons. The number of aromatic nitrogens is 1. The Balaban J connectivity index is 2.01. The molecule has 1 amide bonds. The van der Waals surface area contributed by atoms with E-state index in [2.05, 4.69) is 5.32 Å². The zero-order chi connectivity index (χ0) is 16.8. The van der Waals surface area contributed by atoms with Crippen LogP contribution in [0, 0.1) is 11.7 Å². The van der Waals surface area contributed by atoms with Crippen molar-refractivity contribution in [2.45, 2.75) is 32.9 Å². The third-order valence-corrected chi connectivity index (χ3v) is 3.73. The molecule has 23 heavy (non-hydrogen) atoms. The molecule has 0 aliphatic carbocycles. The monoisotopic (exact) mass is 316 g/mol. The van der Waals surface area contributed by atoms with Crippen LogP contribution in [-0.4, -0.2) is 16.5 Å². The molecule has 0 unspecified atom stereocenters. The Hall–Kier alpha value is -2.43. The Morgan fingerprint density at radius 2 is 1.87 bits per heavy atom. The second kappa shape index (κ2) is 7.72. The van der Waals surface area contributed by atoms with Crippen LogP contribution in [0.3, 0.4) is 0 Å². The van der Waals surface area contributed by atoms with E-state index in [4.69, 9.17) is 0 Å². The predicted octanol–water partition coefficient (Wildman–Crippen LogP) is 2.37. The minimum absolute atomic E-state index is 0.00763. The van der Waals surface area contributed by atoms with Crippen LogP contribution in [0.25, 0.3) is 0 Å². The van der Waals surface area contributed by atoms with Crippen molar-refractivity contribution >= 4 is 5.91 Å². The Kier molecular flexibility index (Phi) is 5.68. The van der Waals surface area contributed by atoms with Gasteiger partial charge in [-0.15, -0.1) is 0 Å². The van der Waals surface area contributed by atoms with E-state index in [0.717, 1.165) is 5.56 Å². The molecule has 0 saturated carbocycles. The van der Waals surface area contributed by atoms with Crippen LogP contribution in [0.15, 0.2) is 53.5 Å². The SMILES string of the molecule is CC(C)[C@@H](Cc1ccc(F)cc1)NC(=O)Cn1ccccc1=O.